The quantitative estimate of drug-likeness (QED) is 0.133. The third-order valence-electron chi connectivity index (χ3n) is 5.95. The molecule has 0 rings (SSSR count). The topological polar surface area (TPSA) is 40.5 Å². The van der Waals surface area contributed by atoms with Crippen LogP contribution in [0.25, 0.3) is 0 Å². The summed E-state index contributed by atoms with van der Waals surface area (Å²) in [6.07, 6.45) is 28.8. The Bertz CT molecular complexity index is 392. The number of carbonyl (C=O) groups is 1. The smallest absolute Gasteiger partial charge is 0.303 e. The Kier molecular flexibility index (Phi) is 22.2. The van der Waals surface area contributed by atoms with Gasteiger partial charge in [0.25, 0.3) is 0 Å². The molecule has 0 aliphatic heterocycles. The maximum absolute atomic E-state index is 10.6. The van der Waals surface area contributed by atoms with Crippen molar-refractivity contribution in [3.8, 4) is 0 Å². The summed E-state index contributed by atoms with van der Waals surface area (Å²) in [4.78, 5) is 12.8. The second-order valence-electron chi connectivity index (χ2n) is 9.47. The molecule has 3 nitrogen and oxygen atoms in total. The van der Waals surface area contributed by atoms with Crippen LogP contribution < -0.4 is 0 Å². The zero-order valence-electron chi connectivity index (χ0n) is 20.7. The number of rotatable bonds is 23. The van der Waals surface area contributed by atoms with Crippen LogP contribution in [0.2, 0.25) is 0 Å². The molecule has 0 aliphatic rings. The van der Waals surface area contributed by atoms with E-state index in [0.717, 1.165) is 25.8 Å². The molecule has 30 heavy (non-hydrogen) atoms. The first-order valence-electron chi connectivity index (χ1n) is 13.1. The number of carboxylic acids is 1. The summed E-state index contributed by atoms with van der Waals surface area (Å²) in [7, 11) is 4.30. The first-order valence-corrected chi connectivity index (χ1v) is 13.1. The molecule has 0 saturated carbocycles. The van der Waals surface area contributed by atoms with E-state index in [1.165, 1.54) is 96.3 Å². The lowest BCUT2D eigenvalue weighted by atomic mass is 9.98. The minimum absolute atomic E-state index is 0.320. The summed E-state index contributed by atoms with van der Waals surface area (Å²) in [5.41, 5.74) is 0. The summed E-state index contributed by atoms with van der Waals surface area (Å²) >= 11 is 0. The monoisotopic (exact) mass is 423 g/mol. The molecule has 178 valence electrons. The lowest BCUT2D eigenvalue weighted by molar-refractivity contribution is -0.137. The van der Waals surface area contributed by atoms with Crippen molar-refractivity contribution in [2.75, 3.05) is 20.6 Å². The van der Waals surface area contributed by atoms with E-state index in [-0.39, 0.29) is 0 Å². The largest absolute Gasteiger partial charge is 0.481 e. The van der Waals surface area contributed by atoms with Crippen LogP contribution >= 0.6 is 0 Å². The van der Waals surface area contributed by atoms with E-state index in [1.54, 1.807) is 0 Å². The van der Waals surface area contributed by atoms with Crippen molar-refractivity contribution in [2.24, 2.45) is 5.92 Å². The van der Waals surface area contributed by atoms with Gasteiger partial charge in [0.1, 0.15) is 0 Å². The number of nitrogens with zero attached hydrogens (tertiary/aromatic N) is 1. The van der Waals surface area contributed by atoms with E-state index in [1.807, 2.05) is 0 Å². The summed E-state index contributed by atoms with van der Waals surface area (Å²) in [5, 5.41) is 8.70. The highest BCUT2D eigenvalue weighted by molar-refractivity contribution is 5.66. The number of unbranched alkanes of at least 4 members (excludes halogenated alkanes) is 15. The van der Waals surface area contributed by atoms with E-state index in [4.69, 9.17) is 5.11 Å². The second-order valence-corrected chi connectivity index (χ2v) is 9.47. The average molecular weight is 424 g/mol. The van der Waals surface area contributed by atoms with Crippen LogP contribution in [-0.2, 0) is 4.79 Å². The van der Waals surface area contributed by atoms with Gasteiger partial charge in [-0.15, -0.1) is 0 Å². The Labute approximate surface area is 188 Å². The van der Waals surface area contributed by atoms with Crippen molar-refractivity contribution in [1.29, 1.82) is 0 Å². The fraction of sp³-hybridized carbons (Fsp3) is 0.889. The first-order chi connectivity index (χ1) is 14.6. The van der Waals surface area contributed by atoms with Gasteiger partial charge in [-0.3, -0.25) is 4.79 Å². The van der Waals surface area contributed by atoms with Gasteiger partial charge < -0.3 is 10.0 Å². The van der Waals surface area contributed by atoms with E-state index in [2.05, 4.69) is 38.1 Å². The van der Waals surface area contributed by atoms with E-state index < -0.39 is 5.97 Å². The van der Waals surface area contributed by atoms with Crippen LogP contribution in [-0.4, -0.2) is 36.6 Å². The summed E-state index contributed by atoms with van der Waals surface area (Å²) in [6.45, 7) is 3.40. The lowest BCUT2D eigenvalue weighted by Crippen LogP contribution is -2.20. The van der Waals surface area contributed by atoms with Gasteiger partial charge in [0.05, 0.1) is 0 Å². The number of aliphatic carboxylic acids is 1. The van der Waals surface area contributed by atoms with Gasteiger partial charge in [-0.1, -0.05) is 109 Å². The number of carboxylic acid groups (broad SMARTS) is 1. The number of hydrogen-bond acceptors (Lipinski definition) is 2. The van der Waals surface area contributed by atoms with Crippen molar-refractivity contribution in [3.05, 3.63) is 12.2 Å². The van der Waals surface area contributed by atoms with Gasteiger partial charge in [0.15, 0.2) is 0 Å². The number of hydrogen-bond donors (Lipinski definition) is 1. The molecule has 0 aromatic rings. The molecule has 0 heterocycles. The molecular weight excluding hydrogens is 370 g/mol. The predicted molar refractivity (Wildman–Crippen MR) is 132 cm³/mol. The van der Waals surface area contributed by atoms with Crippen molar-refractivity contribution < 1.29 is 9.90 Å². The minimum atomic E-state index is -0.666. The van der Waals surface area contributed by atoms with Gasteiger partial charge in [0, 0.05) is 13.0 Å². The minimum Gasteiger partial charge on any atom is -0.481 e. The van der Waals surface area contributed by atoms with Gasteiger partial charge in [-0.05, 0) is 45.7 Å². The first kappa shape index (κ1) is 29.2. The van der Waals surface area contributed by atoms with Crippen LogP contribution in [0.4, 0.5) is 0 Å². The molecule has 0 bridgehead atoms. The fourth-order valence-electron chi connectivity index (χ4n) is 4.15. The van der Waals surface area contributed by atoms with Crippen molar-refractivity contribution in [1.82, 2.24) is 4.90 Å². The highest BCUT2D eigenvalue weighted by Crippen LogP contribution is 2.16. The molecule has 0 spiro atoms. The van der Waals surface area contributed by atoms with Gasteiger partial charge in [-0.2, -0.15) is 0 Å². The molecule has 1 N–H and O–H groups in total. The lowest BCUT2D eigenvalue weighted by Gasteiger charge is -2.18. The molecule has 0 amide bonds. The summed E-state index contributed by atoms with van der Waals surface area (Å²) < 4.78 is 0. The van der Waals surface area contributed by atoms with Crippen molar-refractivity contribution in [2.45, 2.75) is 129 Å². The Hall–Kier alpha value is -0.830. The zero-order chi connectivity index (χ0) is 22.3. The van der Waals surface area contributed by atoms with E-state index in [9.17, 15) is 4.79 Å². The standard InChI is InChI=1S/C27H53NO2/c1-4-5-6-7-8-9-10-11-12-13-14-15-16-19-22-26(25-28(2)3)23-20-17-18-21-24-27(29)30/h19,22,26H,4-18,20-21,23-25H2,1-3H3,(H,29,30)/b22-19-. The fourth-order valence-corrected chi connectivity index (χ4v) is 4.15. The highest BCUT2D eigenvalue weighted by Gasteiger charge is 2.06. The van der Waals surface area contributed by atoms with Crippen molar-refractivity contribution in [3.63, 3.8) is 0 Å². The zero-order valence-corrected chi connectivity index (χ0v) is 20.7. The highest BCUT2D eigenvalue weighted by atomic mass is 16.4. The molecule has 0 aliphatic carbocycles. The molecule has 0 fully saturated rings. The third kappa shape index (κ3) is 23.4. The van der Waals surface area contributed by atoms with Crippen LogP contribution in [0.3, 0.4) is 0 Å². The Morgan fingerprint density at radius 3 is 1.80 bits per heavy atom. The maximum atomic E-state index is 10.6. The van der Waals surface area contributed by atoms with Crippen LogP contribution in [0.1, 0.15) is 129 Å². The normalized spacial score (nSPS) is 12.8. The molecule has 0 aromatic heterocycles. The molecule has 0 radical (unpaired) electrons. The SMILES string of the molecule is CCCCCCCCCCCCCC/C=C\C(CCCCCCC(=O)O)CN(C)C. The van der Waals surface area contributed by atoms with Gasteiger partial charge >= 0.3 is 5.97 Å². The average Bonchev–Trinajstić information content (AvgIpc) is 2.69. The molecule has 0 aromatic carbocycles. The maximum Gasteiger partial charge on any atom is 0.303 e. The molecule has 3 heteroatoms. The van der Waals surface area contributed by atoms with E-state index >= 15 is 0 Å². The molecule has 1 atom stereocenters. The summed E-state index contributed by atoms with van der Waals surface area (Å²) in [6, 6.07) is 0. The predicted octanol–water partition coefficient (Wildman–Crippen LogP) is 8.24. The Balaban J connectivity index is 3.62. The van der Waals surface area contributed by atoms with Gasteiger partial charge in [0.2, 0.25) is 0 Å². The third-order valence-corrected chi connectivity index (χ3v) is 5.95. The van der Waals surface area contributed by atoms with Gasteiger partial charge in [-0.25, -0.2) is 0 Å². The van der Waals surface area contributed by atoms with Crippen LogP contribution in [0, 0.1) is 5.92 Å². The van der Waals surface area contributed by atoms with E-state index in [0.29, 0.717) is 12.3 Å². The Morgan fingerprint density at radius 2 is 1.27 bits per heavy atom. The number of allylic oxidation sites excluding steroid dienone is 1. The summed E-state index contributed by atoms with van der Waals surface area (Å²) in [5.74, 6) is -0.0296. The molecular formula is C27H53NO2. The van der Waals surface area contributed by atoms with Crippen molar-refractivity contribution >= 4 is 5.97 Å². The second kappa shape index (κ2) is 22.8. The molecule has 0 saturated heterocycles. The van der Waals surface area contributed by atoms with Crippen LogP contribution in [0.5, 0.6) is 0 Å². The Morgan fingerprint density at radius 1 is 0.767 bits per heavy atom. The molecule has 1 unspecified atom stereocenters. The van der Waals surface area contributed by atoms with Crippen LogP contribution in [0.15, 0.2) is 12.2 Å².